The van der Waals surface area contributed by atoms with Gasteiger partial charge in [0.2, 0.25) is 5.89 Å². The lowest BCUT2D eigenvalue weighted by Crippen LogP contribution is -2.23. The fourth-order valence-corrected chi connectivity index (χ4v) is 4.52. The van der Waals surface area contributed by atoms with Crippen LogP contribution >= 0.6 is 23.4 Å². The average Bonchev–Trinajstić information content (AvgIpc) is 3.42. The summed E-state index contributed by atoms with van der Waals surface area (Å²) in [5.74, 6) is 2.91. The maximum atomic E-state index is 5.98. The van der Waals surface area contributed by atoms with Gasteiger partial charge in [-0.25, -0.2) is 4.98 Å². The molecule has 32 heavy (non-hydrogen) atoms. The first kappa shape index (κ1) is 22.6. The molecule has 0 saturated carbocycles. The summed E-state index contributed by atoms with van der Waals surface area (Å²) in [6.45, 7) is 2.89. The van der Waals surface area contributed by atoms with Crippen molar-refractivity contribution >= 4 is 23.4 Å². The van der Waals surface area contributed by atoms with E-state index in [0.717, 1.165) is 35.3 Å². The fraction of sp³-hybridized carbons (Fsp3) is 0.292. The van der Waals surface area contributed by atoms with Crippen molar-refractivity contribution in [2.75, 3.05) is 14.1 Å². The van der Waals surface area contributed by atoms with Gasteiger partial charge >= 0.3 is 0 Å². The minimum Gasteiger partial charge on any atom is -0.440 e. The van der Waals surface area contributed by atoms with E-state index in [4.69, 9.17) is 16.0 Å². The van der Waals surface area contributed by atoms with Gasteiger partial charge in [-0.2, -0.15) is 0 Å². The second-order valence-corrected chi connectivity index (χ2v) is 9.09. The lowest BCUT2D eigenvalue weighted by Gasteiger charge is -2.23. The van der Waals surface area contributed by atoms with Gasteiger partial charge < -0.3 is 8.98 Å². The molecule has 0 spiro atoms. The number of oxazole rings is 1. The molecule has 0 aliphatic rings. The number of halogens is 1. The second-order valence-electron chi connectivity index (χ2n) is 7.71. The molecule has 2 aromatic heterocycles. The van der Waals surface area contributed by atoms with E-state index in [1.807, 2.05) is 30.3 Å². The molecule has 0 fully saturated rings. The van der Waals surface area contributed by atoms with Gasteiger partial charge in [-0.05, 0) is 50.3 Å². The summed E-state index contributed by atoms with van der Waals surface area (Å²) < 4.78 is 8.17. The lowest BCUT2D eigenvalue weighted by molar-refractivity contribution is 0.272. The van der Waals surface area contributed by atoms with Crippen molar-refractivity contribution in [3.8, 4) is 11.3 Å². The number of aromatic nitrogens is 4. The molecule has 0 aliphatic carbocycles. The number of thioether (sulfide) groups is 1. The number of hydrogen-bond donors (Lipinski definition) is 0. The predicted octanol–water partition coefficient (Wildman–Crippen LogP) is 5.94. The highest BCUT2D eigenvalue weighted by Gasteiger charge is 2.22. The van der Waals surface area contributed by atoms with Crippen molar-refractivity contribution in [1.82, 2.24) is 24.6 Å². The summed E-state index contributed by atoms with van der Waals surface area (Å²) in [6.07, 6.45) is 2.70. The van der Waals surface area contributed by atoms with Gasteiger partial charge in [0.05, 0.1) is 24.5 Å². The Bertz CT molecular complexity index is 1140. The van der Waals surface area contributed by atoms with Crippen LogP contribution in [-0.4, -0.2) is 38.7 Å². The van der Waals surface area contributed by atoms with Crippen LogP contribution in [0.25, 0.3) is 11.3 Å². The number of nitrogens with zero attached hydrogens (tertiary/aromatic N) is 5. The van der Waals surface area contributed by atoms with Gasteiger partial charge in [-0.3, -0.25) is 4.90 Å². The molecule has 0 N–H and O–H groups in total. The summed E-state index contributed by atoms with van der Waals surface area (Å²) in [4.78, 5) is 6.63. The molecular formula is C24H26ClN5OS. The van der Waals surface area contributed by atoms with E-state index < -0.39 is 0 Å². The smallest absolute Gasteiger partial charge is 0.205 e. The van der Waals surface area contributed by atoms with E-state index >= 15 is 0 Å². The molecule has 0 bridgehead atoms. The average molecular weight is 468 g/mol. The third-order valence-electron chi connectivity index (χ3n) is 5.24. The van der Waals surface area contributed by atoms with Crippen molar-refractivity contribution in [2.24, 2.45) is 0 Å². The summed E-state index contributed by atoms with van der Waals surface area (Å²) >= 11 is 7.57. The molecule has 8 heteroatoms. The topological polar surface area (TPSA) is 60.0 Å². The highest BCUT2D eigenvalue weighted by molar-refractivity contribution is 7.98. The zero-order chi connectivity index (χ0) is 22.5. The van der Waals surface area contributed by atoms with E-state index in [-0.39, 0.29) is 6.04 Å². The van der Waals surface area contributed by atoms with Crippen LogP contribution in [0.3, 0.4) is 0 Å². The van der Waals surface area contributed by atoms with E-state index in [1.165, 1.54) is 5.56 Å². The first-order chi connectivity index (χ1) is 15.5. The second kappa shape index (κ2) is 10.3. The van der Waals surface area contributed by atoms with Gasteiger partial charge in [0.25, 0.3) is 0 Å². The molecule has 0 aliphatic heterocycles. The molecule has 2 heterocycles. The van der Waals surface area contributed by atoms with Crippen LogP contribution in [0, 0.1) is 0 Å². The molecule has 1 atom stereocenters. The third kappa shape index (κ3) is 5.23. The Morgan fingerprint density at radius 2 is 1.81 bits per heavy atom. The monoisotopic (exact) mass is 467 g/mol. The Kier molecular flexibility index (Phi) is 7.29. The molecule has 4 aromatic rings. The van der Waals surface area contributed by atoms with Crippen LogP contribution in [0.2, 0.25) is 5.02 Å². The van der Waals surface area contributed by atoms with Crippen LogP contribution in [0.1, 0.15) is 36.7 Å². The zero-order valence-electron chi connectivity index (χ0n) is 18.4. The molecule has 0 amide bonds. The molecule has 0 saturated heterocycles. The normalized spacial score (nSPS) is 12.4. The lowest BCUT2D eigenvalue weighted by atomic mass is 10.2. The highest BCUT2D eigenvalue weighted by Crippen LogP contribution is 2.29. The van der Waals surface area contributed by atoms with Crippen molar-refractivity contribution in [3.63, 3.8) is 0 Å². The van der Waals surface area contributed by atoms with Gasteiger partial charge in [0.1, 0.15) is 0 Å². The summed E-state index contributed by atoms with van der Waals surface area (Å²) in [5, 5.41) is 10.6. The number of benzene rings is 2. The molecule has 6 nitrogen and oxygen atoms in total. The van der Waals surface area contributed by atoms with Crippen molar-refractivity contribution in [1.29, 1.82) is 0 Å². The molecule has 0 unspecified atom stereocenters. The Hall–Kier alpha value is -2.61. The third-order valence-corrected chi connectivity index (χ3v) is 6.45. The van der Waals surface area contributed by atoms with Crippen molar-refractivity contribution in [2.45, 2.75) is 36.8 Å². The quantitative estimate of drug-likeness (QED) is 0.284. The minimum atomic E-state index is 0.193. The van der Waals surface area contributed by atoms with E-state index in [2.05, 4.69) is 69.9 Å². The van der Waals surface area contributed by atoms with Crippen molar-refractivity contribution < 1.29 is 4.42 Å². The fourth-order valence-electron chi connectivity index (χ4n) is 3.60. The van der Waals surface area contributed by atoms with Crippen LogP contribution in [0.15, 0.2) is 70.4 Å². The minimum absolute atomic E-state index is 0.193. The molecular weight excluding hydrogens is 442 g/mol. The van der Waals surface area contributed by atoms with Gasteiger partial charge in [0.15, 0.2) is 16.7 Å². The van der Waals surface area contributed by atoms with Crippen LogP contribution in [0.5, 0.6) is 0 Å². The Morgan fingerprint density at radius 3 is 2.50 bits per heavy atom. The van der Waals surface area contributed by atoms with Gasteiger partial charge in [-0.1, -0.05) is 60.6 Å². The van der Waals surface area contributed by atoms with Crippen LogP contribution < -0.4 is 0 Å². The Balaban J connectivity index is 1.55. The standard InChI is InChI=1S/C24H26ClN5OS/c1-4-20(29(2)3)23-27-28-24(30(23)15-17-8-6-5-7-9-17)32-16-22-26-14-21(31-22)18-10-12-19(25)13-11-18/h5-14,20H,4,15-16H2,1-3H3/t20-/m1/s1. The highest BCUT2D eigenvalue weighted by atomic mass is 35.5. The van der Waals surface area contributed by atoms with Gasteiger partial charge in [-0.15, -0.1) is 10.2 Å². The SMILES string of the molecule is CC[C@H](c1nnc(SCc2ncc(-c3ccc(Cl)cc3)o2)n1Cc1ccccc1)N(C)C. The van der Waals surface area contributed by atoms with E-state index in [1.54, 1.807) is 18.0 Å². The maximum Gasteiger partial charge on any atom is 0.205 e. The molecule has 0 radical (unpaired) electrons. The van der Waals surface area contributed by atoms with Crippen molar-refractivity contribution in [3.05, 3.63) is 83.1 Å². The van der Waals surface area contributed by atoms with Gasteiger partial charge in [0, 0.05) is 10.6 Å². The number of hydrogen-bond acceptors (Lipinski definition) is 6. The zero-order valence-corrected chi connectivity index (χ0v) is 20.0. The van der Waals surface area contributed by atoms with Crippen LogP contribution in [0.4, 0.5) is 0 Å². The predicted molar refractivity (Wildman–Crippen MR) is 129 cm³/mol. The Labute approximate surface area is 197 Å². The van der Waals surface area contributed by atoms with E-state index in [9.17, 15) is 0 Å². The number of rotatable bonds is 9. The molecule has 2 aromatic carbocycles. The summed E-state index contributed by atoms with van der Waals surface area (Å²) in [6, 6.07) is 18.1. The first-order valence-electron chi connectivity index (χ1n) is 10.5. The largest absolute Gasteiger partial charge is 0.440 e. The molecule has 4 rings (SSSR count). The summed E-state index contributed by atoms with van der Waals surface area (Å²) in [5.41, 5.74) is 2.16. The van der Waals surface area contributed by atoms with E-state index in [0.29, 0.717) is 16.7 Å². The Morgan fingerprint density at radius 1 is 1.06 bits per heavy atom. The van der Waals surface area contributed by atoms with Crippen LogP contribution in [-0.2, 0) is 12.3 Å². The summed E-state index contributed by atoms with van der Waals surface area (Å²) in [7, 11) is 4.15. The maximum absolute atomic E-state index is 5.98. The molecule has 166 valence electrons. The first-order valence-corrected chi connectivity index (χ1v) is 11.9.